The number of anilines is 1. The Morgan fingerprint density at radius 2 is 1.94 bits per heavy atom. The van der Waals surface area contributed by atoms with Gasteiger partial charge in [0.1, 0.15) is 11.6 Å². The Hall–Kier alpha value is -4.28. The topological polar surface area (TPSA) is 96.6 Å². The average molecular weight is 472 g/mol. The van der Waals surface area contributed by atoms with Crippen molar-refractivity contribution in [2.45, 2.75) is 19.3 Å². The number of ether oxygens (including phenoxy) is 1. The van der Waals surface area contributed by atoms with Crippen LogP contribution in [0.3, 0.4) is 0 Å². The minimum Gasteiger partial charge on any atom is -0.496 e. The number of hydroxylamine groups is 1. The Labute approximate surface area is 192 Å². The third-order valence-electron chi connectivity index (χ3n) is 4.99. The van der Waals surface area contributed by atoms with Crippen molar-refractivity contribution in [1.29, 1.82) is 0 Å². The number of nitrogens with one attached hydrogen (secondary N) is 2. The lowest BCUT2D eigenvalue weighted by molar-refractivity contribution is -0.202. The molecule has 0 fully saturated rings. The molecule has 4 rings (SSSR count). The van der Waals surface area contributed by atoms with Crippen LogP contribution in [0.15, 0.2) is 54.7 Å². The Balaban J connectivity index is 1.65. The highest BCUT2D eigenvalue weighted by Crippen LogP contribution is 2.31. The predicted molar refractivity (Wildman–Crippen MR) is 117 cm³/mol. The van der Waals surface area contributed by atoms with Gasteiger partial charge in [0.25, 0.3) is 5.91 Å². The first kappa shape index (κ1) is 22.9. The van der Waals surface area contributed by atoms with Gasteiger partial charge in [-0.05, 0) is 42.8 Å². The minimum absolute atomic E-state index is 0.0274. The summed E-state index contributed by atoms with van der Waals surface area (Å²) < 4.78 is 44.1. The number of carbonyl (C=O) groups is 2. The molecule has 0 aliphatic carbocycles. The van der Waals surface area contributed by atoms with E-state index in [1.54, 1.807) is 36.5 Å². The molecule has 0 bridgehead atoms. The van der Waals surface area contributed by atoms with Crippen molar-refractivity contribution in [2.75, 3.05) is 12.2 Å². The molecule has 2 aromatic carbocycles. The SMILES string of the molecule is COc1cc(C=CC2NC(=O)c3ccccc3N2OC(=O)C(F)(F)F)ccc1-c1nc(C)c[nH]1. The number of aromatic amines is 1. The lowest BCUT2D eigenvalue weighted by Gasteiger charge is -2.35. The third-order valence-corrected chi connectivity index (χ3v) is 4.99. The molecule has 8 nitrogen and oxygen atoms in total. The number of para-hydroxylation sites is 1. The molecule has 1 aliphatic rings. The highest BCUT2D eigenvalue weighted by atomic mass is 19.4. The van der Waals surface area contributed by atoms with E-state index in [-0.39, 0.29) is 11.3 Å². The summed E-state index contributed by atoms with van der Waals surface area (Å²) >= 11 is 0. The van der Waals surface area contributed by atoms with Crippen molar-refractivity contribution in [2.24, 2.45) is 0 Å². The number of hydrogen-bond donors (Lipinski definition) is 2. The van der Waals surface area contributed by atoms with Gasteiger partial charge in [-0.2, -0.15) is 18.2 Å². The minimum atomic E-state index is -5.21. The molecule has 176 valence electrons. The van der Waals surface area contributed by atoms with Gasteiger partial charge in [0.2, 0.25) is 0 Å². The maximum atomic E-state index is 12.9. The molecule has 0 spiro atoms. The fourth-order valence-corrected chi connectivity index (χ4v) is 3.41. The number of halogens is 3. The number of amides is 1. The number of nitrogens with zero attached hydrogens (tertiary/aromatic N) is 2. The fourth-order valence-electron chi connectivity index (χ4n) is 3.41. The van der Waals surface area contributed by atoms with Crippen LogP contribution >= 0.6 is 0 Å². The summed E-state index contributed by atoms with van der Waals surface area (Å²) in [6.07, 6.45) is -1.68. The number of hydrogen-bond acceptors (Lipinski definition) is 6. The highest BCUT2D eigenvalue weighted by Gasteiger charge is 2.44. The number of carbonyl (C=O) groups excluding carboxylic acids is 2. The maximum absolute atomic E-state index is 12.9. The molecule has 1 aromatic heterocycles. The van der Waals surface area contributed by atoms with Crippen LogP contribution in [0.25, 0.3) is 17.5 Å². The molecule has 2 heterocycles. The van der Waals surface area contributed by atoms with Crippen LogP contribution in [0, 0.1) is 6.92 Å². The van der Waals surface area contributed by atoms with Gasteiger partial charge in [-0.15, -0.1) is 0 Å². The van der Waals surface area contributed by atoms with Crippen LogP contribution in [0.5, 0.6) is 5.75 Å². The third kappa shape index (κ3) is 4.58. The molecular formula is C23H19F3N4O4. The van der Waals surface area contributed by atoms with E-state index in [0.717, 1.165) is 10.8 Å². The van der Waals surface area contributed by atoms with Crippen molar-refractivity contribution in [3.05, 3.63) is 71.6 Å². The zero-order valence-electron chi connectivity index (χ0n) is 18.0. The second-order valence-electron chi connectivity index (χ2n) is 7.35. The zero-order chi connectivity index (χ0) is 24.5. The fraction of sp³-hybridized carbons (Fsp3) is 0.174. The summed E-state index contributed by atoms with van der Waals surface area (Å²) in [5, 5.41) is 3.25. The molecule has 1 unspecified atom stereocenters. The second kappa shape index (κ2) is 8.93. The van der Waals surface area contributed by atoms with Crippen molar-refractivity contribution in [3.8, 4) is 17.1 Å². The molecule has 0 saturated heterocycles. The van der Waals surface area contributed by atoms with Gasteiger partial charge >= 0.3 is 12.1 Å². The normalized spacial score (nSPS) is 15.7. The first-order chi connectivity index (χ1) is 16.2. The molecule has 11 heteroatoms. The number of imidazole rings is 1. The molecular weight excluding hydrogens is 453 g/mol. The van der Waals surface area contributed by atoms with Crippen molar-refractivity contribution in [1.82, 2.24) is 15.3 Å². The van der Waals surface area contributed by atoms with E-state index in [9.17, 15) is 22.8 Å². The first-order valence-corrected chi connectivity index (χ1v) is 10.0. The molecule has 1 atom stereocenters. The predicted octanol–water partition coefficient (Wildman–Crippen LogP) is 4.00. The van der Waals surface area contributed by atoms with Crippen LogP contribution in [0.2, 0.25) is 0 Å². The smallest absolute Gasteiger partial charge is 0.493 e. The van der Waals surface area contributed by atoms with E-state index in [0.29, 0.717) is 22.7 Å². The number of rotatable bonds is 5. The van der Waals surface area contributed by atoms with Gasteiger partial charge in [-0.3, -0.25) is 4.79 Å². The molecule has 0 radical (unpaired) electrons. The van der Waals surface area contributed by atoms with Gasteiger partial charge in [0.15, 0.2) is 6.17 Å². The second-order valence-corrected chi connectivity index (χ2v) is 7.35. The summed E-state index contributed by atoms with van der Waals surface area (Å²) in [6.45, 7) is 1.84. The van der Waals surface area contributed by atoms with Crippen LogP contribution in [-0.2, 0) is 9.63 Å². The highest BCUT2D eigenvalue weighted by molar-refractivity contribution is 6.02. The molecule has 1 amide bonds. The summed E-state index contributed by atoms with van der Waals surface area (Å²) in [7, 11) is 1.50. The zero-order valence-corrected chi connectivity index (χ0v) is 18.0. The monoisotopic (exact) mass is 472 g/mol. The van der Waals surface area contributed by atoms with Crippen LogP contribution in [0.4, 0.5) is 18.9 Å². The van der Waals surface area contributed by atoms with Gasteiger partial charge in [-0.1, -0.05) is 24.3 Å². The van der Waals surface area contributed by atoms with E-state index >= 15 is 0 Å². The van der Waals surface area contributed by atoms with Crippen molar-refractivity contribution in [3.63, 3.8) is 0 Å². The number of methoxy groups -OCH3 is 1. The molecule has 34 heavy (non-hydrogen) atoms. The maximum Gasteiger partial charge on any atom is 0.493 e. The summed E-state index contributed by atoms with van der Waals surface area (Å²) in [5.41, 5.74) is 2.25. The largest absolute Gasteiger partial charge is 0.496 e. The summed E-state index contributed by atoms with van der Waals surface area (Å²) in [6, 6.07) is 11.1. The Kier molecular flexibility index (Phi) is 6.01. The number of alkyl halides is 3. The number of aryl methyl sites for hydroxylation is 1. The van der Waals surface area contributed by atoms with Crippen molar-refractivity contribution >= 4 is 23.6 Å². The number of fused-ring (bicyclic) bond motifs is 1. The van der Waals surface area contributed by atoms with Gasteiger partial charge < -0.3 is 19.9 Å². The standard InChI is InChI=1S/C23H19F3N4O4/c1-13-12-27-20(28-13)16-9-7-14(11-18(16)33-2)8-10-19-29-21(31)15-5-3-4-6-17(15)30(19)34-22(32)23(24,25)26/h3-12,19H,1-2H3,(H,27,28)(H,29,31). The first-order valence-electron chi connectivity index (χ1n) is 10.0. The van der Waals surface area contributed by atoms with E-state index < -0.39 is 24.2 Å². The van der Waals surface area contributed by atoms with Crippen LogP contribution in [0.1, 0.15) is 21.6 Å². The quantitative estimate of drug-likeness (QED) is 0.583. The van der Waals surface area contributed by atoms with Crippen LogP contribution < -0.4 is 15.1 Å². The number of aromatic nitrogens is 2. The van der Waals surface area contributed by atoms with Crippen molar-refractivity contribution < 1.29 is 32.3 Å². The summed E-state index contributed by atoms with van der Waals surface area (Å²) in [5.74, 6) is -1.80. The Morgan fingerprint density at radius 1 is 1.18 bits per heavy atom. The number of benzene rings is 2. The van der Waals surface area contributed by atoms with E-state index in [1.807, 2.05) is 6.92 Å². The van der Waals surface area contributed by atoms with E-state index in [4.69, 9.17) is 4.74 Å². The molecule has 3 aromatic rings. The molecule has 1 aliphatic heterocycles. The van der Waals surface area contributed by atoms with Gasteiger partial charge in [0, 0.05) is 6.20 Å². The van der Waals surface area contributed by atoms with Gasteiger partial charge in [-0.25, -0.2) is 9.78 Å². The molecule has 0 saturated carbocycles. The average Bonchev–Trinajstić information content (AvgIpc) is 3.24. The van der Waals surface area contributed by atoms with E-state index in [1.165, 1.54) is 31.4 Å². The lowest BCUT2D eigenvalue weighted by atomic mass is 10.1. The lowest BCUT2D eigenvalue weighted by Crippen LogP contribution is -2.53. The number of H-pyrrole nitrogens is 1. The van der Waals surface area contributed by atoms with Gasteiger partial charge in [0.05, 0.1) is 29.6 Å². The Bertz CT molecular complexity index is 1270. The summed E-state index contributed by atoms with van der Waals surface area (Å²) in [4.78, 5) is 36.1. The Morgan fingerprint density at radius 3 is 2.62 bits per heavy atom. The van der Waals surface area contributed by atoms with E-state index in [2.05, 4.69) is 20.1 Å². The molecule has 2 N–H and O–H groups in total. The van der Waals surface area contributed by atoms with Crippen LogP contribution in [-0.4, -0.2) is 41.3 Å².